The van der Waals surface area contributed by atoms with Gasteiger partial charge >= 0.3 is 0 Å². The Balaban J connectivity index is 1.73. The highest BCUT2D eigenvalue weighted by molar-refractivity contribution is 5.47. The maximum atomic E-state index is 4.32. The molecule has 15 heavy (non-hydrogen) atoms. The molecule has 2 saturated carbocycles. The van der Waals surface area contributed by atoms with Gasteiger partial charge in [-0.15, -0.1) is 0 Å². The quantitative estimate of drug-likeness (QED) is 0.797. The largest absolute Gasteiger partial charge is 0.381 e. The van der Waals surface area contributed by atoms with Crippen molar-refractivity contribution in [2.24, 2.45) is 11.8 Å². The average Bonchev–Trinajstić information content (AvgIpc) is 2.83. The van der Waals surface area contributed by atoms with Gasteiger partial charge in [-0.1, -0.05) is 6.42 Å². The van der Waals surface area contributed by atoms with E-state index in [0.717, 1.165) is 17.5 Å². The molecule has 2 aliphatic carbocycles. The number of pyridine rings is 1. The molecule has 2 fully saturated rings. The maximum Gasteiger partial charge on any atom is 0.0603 e. The summed E-state index contributed by atoms with van der Waals surface area (Å²) in [5.74, 6) is 1.93. The van der Waals surface area contributed by atoms with Crippen molar-refractivity contribution in [2.75, 3.05) is 5.32 Å². The van der Waals surface area contributed by atoms with Gasteiger partial charge in [-0.2, -0.15) is 0 Å². The summed E-state index contributed by atoms with van der Waals surface area (Å²) in [6.07, 6.45) is 7.59. The molecule has 0 aliphatic heterocycles. The van der Waals surface area contributed by atoms with Gasteiger partial charge in [0.25, 0.3) is 0 Å². The zero-order valence-corrected chi connectivity index (χ0v) is 9.24. The molecular formula is C13H18N2. The van der Waals surface area contributed by atoms with Crippen molar-refractivity contribution in [3.05, 3.63) is 24.0 Å². The highest BCUT2D eigenvalue weighted by atomic mass is 15.0. The van der Waals surface area contributed by atoms with Crippen LogP contribution in [-0.2, 0) is 0 Å². The van der Waals surface area contributed by atoms with Crippen LogP contribution in [0, 0.1) is 18.8 Å². The number of nitrogens with one attached hydrogen (secondary N) is 1. The average molecular weight is 202 g/mol. The molecule has 0 saturated heterocycles. The first kappa shape index (κ1) is 9.20. The van der Waals surface area contributed by atoms with Crippen LogP contribution < -0.4 is 5.32 Å². The van der Waals surface area contributed by atoms with E-state index < -0.39 is 0 Å². The minimum absolute atomic E-state index is 0.714. The van der Waals surface area contributed by atoms with Crippen LogP contribution in [0.5, 0.6) is 0 Å². The fraction of sp³-hybridized carbons (Fsp3) is 0.615. The Hall–Kier alpha value is -1.05. The zero-order chi connectivity index (χ0) is 10.3. The molecule has 3 atom stereocenters. The minimum atomic E-state index is 0.714. The first-order chi connectivity index (χ1) is 7.33. The van der Waals surface area contributed by atoms with Gasteiger partial charge in [-0.25, -0.2) is 0 Å². The fourth-order valence-corrected chi connectivity index (χ4v) is 3.26. The molecule has 0 spiro atoms. The third-order valence-electron chi connectivity index (χ3n) is 4.09. The van der Waals surface area contributed by atoms with E-state index in [1.807, 2.05) is 12.3 Å². The van der Waals surface area contributed by atoms with Crippen molar-refractivity contribution >= 4 is 5.69 Å². The van der Waals surface area contributed by atoms with Crippen LogP contribution in [0.1, 0.15) is 31.4 Å². The van der Waals surface area contributed by atoms with Gasteiger partial charge in [0.2, 0.25) is 0 Å². The number of hydrogen-bond acceptors (Lipinski definition) is 2. The number of hydrogen-bond donors (Lipinski definition) is 1. The van der Waals surface area contributed by atoms with Gasteiger partial charge in [0.1, 0.15) is 0 Å². The van der Waals surface area contributed by atoms with Crippen LogP contribution in [-0.4, -0.2) is 11.0 Å². The van der Waals surface area contributed by atoms with Gasteiger partial charge < -0.3 is 5.32 Å². The van der Waals surface area contributed by atoms with Crippen LogP contribution in [0.3, 0.4) is 0 Å². The molecule has 0 radical (unpaired) electrons. The number of aryl methyl sites for hydroxylation is 1. The molecule has 0 unspecified atom stereocenters. The van der Waals surface area contributed by atoms with E-state index in [4.69, 9.17) is 0 Å². The molecule has 1 aromatic heterocycles. The number of nitrogens with zero attached hydrogens (tertiary/aromatic N) is 1. The summed E-state index contributed by atoms with van der Waals surface area (Å²) in [5.41, 5.74) is 2.36. The van der Waals surface area contributed by atoms with E-state index in [9.17, 15) is 0 Å². The summed E-state index contributed by atoms with van der Waals surface area (Å²) in [4.78, 5) is 4.32. The number of anilines is 1. The summed E-state index contributed by atoms with van der Waals surface area (Å²) in [6.45, 7) is 2.08. The third-order valence-corrected chi connectivity index (χ3v) is 4.09. The standard InChI is InChI=1S/C13H18N2/c1-9-12(3-2-6-14-9)15-13-8-10-4-5-11(13)7-10/h2-3,6,10-11,13,15H,4-5,7-8H2,1H3/t10-,11-,13+/m0/s1. The lowest BCUT2D eigenvalue weighted by molar-refractivity contribution is 0.439. The van der Waals surface area contributed by atoms with E-state index >= 15 is 0 Å². The molecule has 2 nitrogen and oxygen atoms in total. The van der Waals surface area contributed by atoms with Crippen LogP contribution in [0.15, 0.2) is 18.3 Å². The van der Waals surface area contributed by atoms with Crippen molar-refractivity contribution in [2.45, 2.75) is 38.6 Å². The van der Waals surface area contributed by atoms with Crippen LogP contribution >= 0.6 is 0 Å². The summed E-state index contributed by atoms with van der Waals surface area (Å²) in [6, 6.07) is 4.88. The molecule has 1 N–H and O–H groups in total. The molecule has 0 aromatic carbocycles. The molecule has 2 aliphatic rings. The second kappa shape index (κ2) is 3.51. The normalized spacial score (nSPS) is 33.3. The summed E-state index contributed by atoms with van der Waals surface area (Å²) >= 11 is 0. The summed E-state index contributed by atoms with van der Waals surface area (Å²) in [7, 11) is 0. The lowest BCUT2D eigenvalue weighted by Crippen LogP contribution is -2.26. The number of fused-ring (bicyclic) bond motifs is 2. The molecule has 80 valence electrons. The van der Waals surface area contributed by atoms with Crippen molar-refractivity contribution in [1.82, 2.24) is 4.98 Å². The number of rotatable bonds is 2. The van der Waals surface area contributed by atoms with Gasteiger partial charge in [-0.3, -0.25) is 4.98 Å². The minimum Gasteiger partial charge on any atom is -0.381 e. The Morgan fingerprint density at radius 2 is 2.27 bits per heavy atom. The highest BCUT2D eigenvalue weighted by Crippen LogP contribution is 2.45. The van der Waals surface area contributed by atoms with Crippen molar-refractivity contribution < 1.29 is 0 Å². The van der Waals surface area contributed by atoms with Crippen LogP contribution in [0.2, 0.25) is 0 Å². The Kier molecular flexibility index (Phi) is 2.15. The molecule has 1 heterocycles. The Labute approximate surface area is 91.1 Å². The molecule has 2 bridgehead atoms. The SMILES string of the molecule is Cc1ncccc1N[C@@H]1C[C@H]2CC[C@H]1C2. The second-order valence-electron chi connectivity index (χ2n) is 5.06. The Morgan fingerprint density at radius 1 is 1.33 bits per heavy atom. The first-order valence-corrected chi connectivity index (χ1v) is 6.01. The molecule has 0 amide bonds. The number of aromatic nitrogens is 1. The third kappa shape index (κ3) is 1.62. The fourth-order valence-electron chi connectivity index (χ4n) is 3.26. The predicted octanol–water partition coefficient (Wildman–Crippen LogP) is 2.99. The maximum absolute atomic E-state index is 4.32. The lowest BCUT2D eigenvalue weighted by atomic mass is 9.95. The van der Waals surface area contributed by atoms with Gasteiger partial charge in [-0.05, 0) is 50.2 Å². The van der Waals surface area contributed by atoms with Gasteiger partial charge in [0.15, 0.2) is 0 Å². The lowest BCUT2D eigenvalue weighted by Gasteiger charge is -2.24. The first-order valence-electron chi connectivity index (χ1n) is 6.01. The molecule has 3 rings (SSSR count). The van der Waals surface area contributed by atoms with E-state index in [-0.39, 0.29) is 0 Å². The van der Waals surface area contributed by atoms with Crippen LogP contribution in [0.25, 0.3) is 0 Å². The van der Waals surface area contributed by atoms with Gasteiger partial charge in [0, 0.05) is 12.2 Å². The zero-order valence-electron chi connectivity index (χ0n) is 9.24. The smallest absolute Gasteiger partial charge is 0.0603 e. The monoisotopic (exact) mass is 202 g/mol. The van der Waals surface area contributed by atoms with E-state index in [1.54, 1.807) is 0 Å². The van der Waals surface area contributed by atoms with E-state index in [2.05, 4.69) is 23.3 Å². The van der Waals surface area contributed by atoms with Crippen molar-refractivity contribution in [3.8, 4) is 0 Å². The summed E-state index contributed by atoms with van der Waals surface area (Å²) < 4.78 is 0. The molecular weight excluding hydrogens is 184 g/mol. The topological polar surface area (TPSA) is 24.9 Å². The van der Waals surface area contributed by atoms with Gasteiger partial charge in [0.05, 0.1) is 11.4 Å². The van der Waals surface area contributed by atoms with Crippen LogP contribution in [0.4, 0.5) is 5.69 Å². The van der Waals surface area contributed by atoms with Crippen molar-refractivity contribution in [1.29, 1.82) is 0 Å². The summed E-state index contributed by atoms with van der Waals surface area (Å²) in [5, 5.41) is 3.68. The highest BCUT2D eigenvalue weighted by Gasteiger charge is 2.39. The van der Waals surface area contributed by atoms with Crippen molar-refractivity contribution in [3.63, 3.8) is 0 Å². The predicted molar refractivity (Wildman–Crippen MR) is 61.8 cm³/mol. The Bertz CT molecular complexity index is 361. The second-order valence-corrected chi connectivity index (χ2v) is 5.06. The van der Waals surface area contributed by atoms with E-state index in [0.29, 0.717) is 6.04 Å². The van der Waals surface area contributed by atoms with E-state index in [1.165, 1.54) is 31.4 Å². The molecule has 1 aromatic rings. The Morgan fingerprint density at radius 3 is 2.93 bits per heavy atom. The molecule has 2 heteroatoms.